The predicted octanol–water partition coefficient (Wildman–Crippen LogP) is 2.96. The normalized spacial score (nSPS) is 14.3. The van der Waals surface area contributed by atoms with Crippen molar-refractivity contribution in [1.82, 2.24) is 5.32 Å². The topological polar surface area (TPSA) is 38.3 Å². The fourth-order valence-electron chi connectivity index (χ4n) is 2.00. The molecular formula is C13H21NO2S. The monoisotopic (exact) mass is 255 g/mol. The van der Waals surface area contributed by atoms with Gasteiger partial charge in [0.15, 0.2) is 0 Å². The first kappa shape index (κ1) is 14.2. The molecule has 4 heteroatoms. The molecule has 0 aliphatic rings. The van der Waals surface area contributed by atoms with Crippen molar-refractivity contribution in [3.8, 4) is 0 Å². The van der Waals surface area contributed by atoms with E-state index < -0.39 is 5.54 Å². The Morgan fingerprint density at radius 2 is 2.29 bits per heavy atom. The molecule has 1 rings (SSSR count). The molecule has 0 spiro atoms. The number of nitrogens with one attached hydrogen (secondary N) is 1. The molecule has 1 N–H and O–H groups in total. The van der Waals surface area contributed by atoms with Gasteiger partial charge in [-0.1, -0.05) is 26.3 Å². The maximum atomic E-state index is 11.9. The lowest BCUT2D eigenvalue weighted by molar-refractivity contribution is -0.149. The van der Waals surface area contributed by atoms with E-state index in [1.165, 1.54) is 12.0 Å². The molecule has 1 aromatic heterocycles. The van der Waals surface area contributed by atoms with E-state index >= 15 is 0 Å². The summed E-state index contributed by atoms with van der Waals surface area (Å²) in [5.41, 5.74) is -0.534. The Labute approximate surface area is 107 Å². The minimum absolute atomic E-state index is 0.154. The van der Waals surface area contributed by atoms with Gasteiger partial charge in [-0.25, -0.2) is 0 Å². The fraction of sp³-hybridized carbons (Fsp3) is 0.615. The maximum absolute atomic E-state index is 11.9. The van der Waals surface area contributed by atoms with E-state index in [0.29, 0.717) is 0 Å². The third-order valence-electron chi connectivity index (χ3n) is 3.04. The van der Waals surface area contributed by atoms with Gasteiger partial charge in [0.1, 0.15) is 5.54 Å². The second-order valence-electron chi connectivity index (χ2n) is 4.11. The van der Waals surface area contributed by atoms with E-state index in [-0.39, 0.29) is 5.97 Å². The minimum Gasteiger partial charge on any atom is -0.468 e. The van der Waals surface area contributed by atoms with Crippen LogP contribution < -0.4 is 5.32 Å². The molecule has 1 heterocycles. The summed E-state index contributed by atoms with van der Waals surface area (Å²) in [5.74, 6) is -0.154. The standard InChI is InChI=1S/C13H21NO2S/c1-4-8-13(5-2,12(15)16-3)14-10-11-7-6-9-17-11/h6-7,9,14H,4-5,8,10H2,1-3H3. The van der Waals surface area contributed by atoms with Gasteiger partial charge < -0.3 is 4.74 Å². The molecule has 0 fully saturated rings. The molecule has 1 atom stereocenters. The van der Waals surface area contributed by atoms with E-state index in [4.69, 9.17) is 4.74 Å². The molecule has 0 radical (unpaired) electrons. The third-order valence-corrected chi connectivity index (χ3v) is 3.91. The molecule has 0 aliphatic heterocycles. The molecule has 1 unspecified atom stereocenters. The van der Waals surface area contributed by atoms with Crippen molar-refractivity contribution in [1.29, 1.82) is 0 Å². The van der Waals surface area contributed by atoms with Gasteiger partial charge in [0.2, 0.25) is 0 Å². The Morgan fingerprint density at radius 3 is 2.76 bits per heavy atom. The Hall–Kier alpha value is -0.870. The zero-order chi connectivity index (χ0) is 12.7. The molecule has 0 saturated carbocycles. The molecule has 96 valence electrons. The van der Waals surface area contributed by atoms with Gasteiger partial charge >= 0.3 is 5.97 Å². The Balaban J connectivity index is 2.71. The first-order valence-corrected chi connectivity index (χ1v) is 6.92. The van der Waals surface area contributed by atoms with Crippen molar-refractivity contribution >= 4 is 17.3 Å². The van der Waals surface area contributed by atoms with Crippen molar-refractivity contribution in [2.45, 2.75) is 45.2 Å². The molecule has 1 aromatic rings. The molecule has 17 heavy (non-hydrogen) atoms. The molecule has 0 aromatic carbocycles. The van der Waals surface area contributed by atoms with E-state index in [2.05, 4.69) is 18.3 Å². The van der Waals surface area contributed by atoms with Gasteiger partial charge in [-0.05, 0) is 24.3 Å². The van der Waals surface area contributed by atoms with Crippen molar-refractivity contribution in [2.24, 2.45) is 0 Å². The number of thiophene rings is 1. The second kappa shape index (κ2) is 6.77. The zero-order valence-electron chi connectivity index (χ0n) is 10.8. The molecule has 0 bridgehead atoms. The Morgan fingerprint density at radius 1 is 1.53 bits per heavy atom. The number of carbonyl (C=O) groups excluding carboxylic acids is 1. The van der Waals surface area contributed by atoms with Gasteiger partial charge in [-0.15, -0.1) is 11.3 Å². The molecule has 0 saturated heterocycles. The van der Waals surface area contributed by atoms with Crippen LogP contribution in [0.4, 0.5) is 0 Å². The van der Waals surface area contributed by atoms with Gasteiger partial charge in [-0.3, -0.25) is 10.1 Å². The van der Waals surface area contributed by atoms with Crippen molar-refractivity contribution in [2.75, 3.05) is 7.11 Å². The van der Waals surface area contributed by atoms with Crippen LogP contribution in [0.3, 0.4) is 0 Å². The summed E-state index contributed by atoms with van der Waals surface area (Å²) in [6.45, 7) is 4.83. The van der Waals surface area contributed by atoms with Gasteiger partial charge in [0, 0.05) is 11.4 Å². The summed E-state index contributed by atoms with van der Waals surface area (Å²) in [6.07, 6.45) is 2.51. The lowest BCUT2D eigenvalue weighted by Gasteiger charge is -2.30. The highest BCUT2D eigenvalue weighted by molar-refractivity contribution is 7.09. The number of rotatable bonds is 7. The average molecular weight is 255 g/mol. The number of hydrogen-bond acceptors (Lipinski definition) is 4. The number of ether oxygens (including phenoxy) is 1. The number of carbonyl (C=O) groups is 1. The smallest absolute Gasteiger partial charge is 0.326 e. The molecule has 0 aliphatic carbocycles. The predicted molar refractivity (Wildman–Crippen MR) is 71.1 cm³/mol. The summed E-state index contributed by atoms with van der Waals surface area (Å²) in [5, 5.41) is 5.42. The van der Waals surface area contributed by atoms with Crippen molar-refractivity contribution in [3.63, 3.8) is 0 Å². The minimum atomic E-state index is -0.534. The van der Waals surface area contributed by atoms with Gasteiger partial charge in [0.25, 0.3) is 0 Å². The molecular weight excluding hydrogens is 234 g/mol. The van der Waals surface area contributed by atoms with Crippen LogP contribution in [0.2, 0.25) is 0 Å². The van der Waals surface area contributed by atoms with Crippen LogP contribution in [0.5, 0.6) is 0 Å². The van der Waals surface area contributed by atoms with Crippen LogP contribution in [-0.2, 0) is 16.1 Å². The first-order chi connectivity index (χ1) is 8.18. The summed E-state index contributed by atoms with van der Waals surface area (Å²) >= 11 is 1.70. The van der Waals surface area contributed by atoms with Crippen LogP contribution in [0.25, 0.3) is 0 Å². The van der Waals surface area contributed by atoms with Gasteiger partial charge in [0.05, 0.1) is 7.11 Å². The third kappa shape index (κ3) is 3.54. The van der Waals surface area contributed by atoms with Crippen LogP contribution in [0.15, 0.2) is 17.5 Å². The van der Waals surface area contributed by atoms with Crippen molar-refractivity contribution < 1.29 is 9.53 Å². The number of hydrogen-bond donors (Lipinski definition) is 1. The first-order valence-electron chi connectivity index (χ1n) is 6.04. The SMILES string of the molecule is CCCC(CC)(NCc1cccs1)C(=O)OC. The van der Waals surface area contributed by atoms with E-state index in [0.717, 1.165) is 25.8 Å². The fourth-order valence-corrected chi connectivity index (χ4v) is 2.64. The summed E-state index contributed by atoms with van der Waals surface area (Å²) in [7, 11) is 1.45. The summed E-state index contributed by atoms with van der Waals surface area (Å²) in [4.78, 5) is 13.2. The largest absolute Gasteiger partial charge is 0.468 e. The average Bonchev–Trinajstić information content (AvgIpc) is 2.86. The molecule has 0 amide bonds. The van der Waals surface area contributed by atoms with Crippen LogP contribution in [-0.4, -0.2) is 18.6 Å². The van der Waals surface area contributed by atoms with Crippen LogP contribution in [0.1, 0.15) is 38.0 Å². The highest BCUT2D eigenvalue weighted by Gasteiger charge is 2.36. The summed E-state index contributed by atoms with van der Waals surface area (Å²) < 4.78 is 4.93. The number of methoxy groups -OCH3 is 1. The lowest BCUT2D eigenvalue weighted by atomic mass is 9.90. The molecule has 3 nitrogen and oxygen atoms in total. The maximum Gasteiger partial charge on any atom is 0.326 e. The van der Waals surface area contributed by atoms with Gasteiger partial charge in [-0.2, -0.15) is 0 Å². The Bertz CT molecular complexity index is 337. The van der Waals surface area contributed by atoms with Crippen molar-refractivity contribution in [3.05, 3.63) is 22.4 Å². The second-order valence-corrected chi connectivity index (χ2v) is 5.14. The van der Waals surface area contributed by atoms with E-state index in [1.54, 1.807) is 11.3 Å². The lowest BCUT2D eigenvalue weighted by Crippen LogP contribution is -2.51. The Kier molecular flexibility index (Phi) is 5.65. The number of esters is 1. The quantitative estimate of drug-likeness (QED) is 0.761. The highest BCUT2D eigenvalue weighted by Crippen LogP contribution is 2.21. The van der Waals surface area contributed by atoms with E-state index in [9.17, 15) is 4.79 Å². The summed E-state index contributed by atoms with van der Waals surface area (Å²) in [6, 6.07) is 4.09. The zero-order valence-corrected chi connectivity index (χ0v) is 11.6. The van der Waals surface area contributed by atoms with Crippen LogP contribution in [0, 0.1) is 0 Å². The van der Waals surface area contributed by atoms with Crippen LogP contribution >= 0.6 is 11.3 Å². The highest BCUT2D eigenvalue weighted by atomic mass is 32.1. The van der Waals surface area contributed by atoms with E-state index in [1.807, 2.05) is 18.4 Å².